The van der Waals surface area contributed by atoms with Crippen molar-refractivity contribution in [2.75, 3.05) is 7.11 Å². The molecule has 0 radical (unpaired) electrons. The molecule has 0 bridgehead atoms. The van der Waals surface area contributed by atoms with Crippen LogP contribution in [0.3, 0.4) is 0 Å². The van der Waals surface area contributed by atoms with E-state index in [-0.39, 0.29) is 10.8 Å². The first-order chi connectivity index (χ1) is 10.4. The first-order valence-electron chi connectivity index (χ1n) is 6.38. The lowest BCUT2D eigenvalue weighted by Gasteiger charge is -2.03. The summed E-state index contributed by atoms with van der Waals surface area (Å²) < 4.78 is 42.1. The van der Waals surface area contributed by atoms with Crippen LogP contribution in [0.2, 0.25) is 5.02 Å². The van der Waals surface area contributed by atoms with Crippen LogP contribution in [0.1, 0.15) is 11.1 Å². The van der Waals surface area contributed by atoms with E-state index in [2.05, 4.69) is 0 Å². The van der Waals surface area contributed by atoms with Gasteiger partial charge >= 0.3 is 0 Å². The molecule has 0 unspecified atom stereocenters. The largest absolute Gasteiger partial charge is 0.497 e. The molecule has 2 rings (SSSR count). The van der Waals surface area contributed by atoms with Crippen LogP contribution in [-0.2, 0) is 15.6 Å². The summed E-state index contributed by atoms with van der Waals surface area (Å²) in [6.07, 6.45) is 1.36. The maximum atomic E-state index is 12.9. The highest BCUT2D eigenvalue weighted by molar-refractivity contribution is 7.93. The number of methoxy groups -OCH3 is 1. The van der Waals surface area contributed by atoms with Gasteiger partial charge in [0.05, 0.1) is 17.9 Å². The van der Waals surface area contributed by atoms with E-state index in [9.17, 15) is 12.8 Å². The van der Waals surface area contributed by atoms with Gasteiger partial charge in [0, 0.05) is 5.41 Å². The third kappa shape index (κ3) is 4.58. The molecule has 0 aliphatic rings. The van der Waals surface area contributed by atoms with Crippen molar-refractivity contribution >= 4 is 27.5 Å². The molecule has 0 aromatic heterocycles. The molecule has 0 spiro atoms. The van der Waals surface area contributed by atoms with Crippen LogP contribution >= 0.6 is 11.6 Å². The van der Waals surface area contributed by atoms with Crippen molar-refractivity contribution in [2.45, 2.75) is 5.75 Å². The van der Waals surface area contributed by atoms with Crippen LogP contribution < -0.4 is 4.74 Å². The lowest BCUT2D eigenvalue weighted by atomic mass is 10.2. The summed E-state index contributed by atoms with van der Waals surface area (Å²) in [5, 5.41) is 1.24. The van der Waals surface area contributed by atoms with E-state index in [1.54, 1.807) is 31.4 Å². The topological polar surface area (TPSA) is 43.4 Å². The summed E-state index contributed by atoms with van der Waals surface area (Å²) in [7, 11) is -1.91. The fourth-order valence-electron chi connectivity index (χ4n) is 1.82. The minimum absolute atomic E-state index is 0.133. The molecular formula is C16H14ClFO3S. The van der Waals surface area contributed by atoms with Crippen LogP contribution in [0, 0.1) is 5.82 Å². The number of benzene rings is 2. The fourth-order valence-corrected chi connectivity index (χ4v) is 3.15. The summed E-state index contributed by atoms with van der Waals surface area (Å²) in [4.78, 5) is 0. The molecule has 0 aliphatic carbocycles. The van der Waals surface area contributed by atoms with Gasteiger partial charge in [-0.25, -0.2) is 12.8 Å². The number of hydrogen-bond donors (Lipinski definition) is 0. The SMILES string of the molecule is COc1ccc(CS(=O)(=O)/C=C/c2ccc(F)cc2Cl)cc1. The van der Waals surface area contributed by atoms with Crippen molar-refractivity contribution in [3.8, 4) is 5.75 Å². The van der Waals surface area contributed by atoms with E-state index in [1.807, 2.05) is 0 Å². The zero-order chi connectivity index (χ0) is 16.2. The monoisotopic (exact) mass is 340 g/mol. The first kappa shape index (κ1) is 16.5. The lowest BCUT2D eigenvalue weighted by molar-refractivity contribution is 0.414. The Hall–Kier alpha value is -1.85. The van der Waals surface area contributed by atoms with Gasteiger partial charge in [-0.1, -0.05) is 29.8 Å². The van der Waals surface area contributed by atoms with E-state index in [0.717, 1.165) is 11.5 Å². The number of halogens is 2. The third-order valence-corrected chi connectivity index (χ3v) is 4.56. The summed E-state index contributed by atoms with van der Waals surface area (Å²) in [6.45, 7) is 0. The number of ether oxygens (including phenoxy) is 1. The minimum atomic E-state index is -3.45. The van der Waals surface area contributed by atoms with Gasteiger partial charge in [0.15, 0.2) is 9.84 Å². The quantitative estimate of drug-likeness (QED) is 0.824. The molecule has 22 heavy (non-hydrogen) atoms. The van der Waals surface area contributed by atoms with E-state index < -0.39 is 15.7 Å². The zero-order valence-corrected chi connectivity index (χ0v) is 13.4. The van der Waals surface area contributed by atoms with Crippen molar-refractivity contribution in [2.24, 2.45) is 0 Å². The van der Waals surface area contributed by atoms with E-state index in [1.165, 1.54) is 18.2 Å². The Labute approximate surface area is 133 Å². The van der Waals surface area contributed by atoms with Crippen LogP contribution in [0.5, 0.6) is 5.75 Å². The van der Waals surface area contributed by atoms with Gasteiger partial charge < -0.3 is 4.74 Å². The van der Waals surface area contributed by atoms with E-state index >= 15 is 0 Å². The molecule has 2 aromatic carbocycles. The van der Waals surface area contributed by atoms with Crippen molar-refractivity contribution in [1.82, 2.24) is 0 Å². The lowest BCUT2D eigenvalue weighted by Crippen LogP contribution is -2.00. The highest BCUT2D eigenvalue weighted by Gasteiger charge is 2.09. The van der Waals surface area contributed by atoms with Crippen molar-refractivity contribution in [3.63, 3.8) is 0 Å². The van der Waals surface area contributed by atoms with Crippen LogP contribution in [0.4, 0.5) is 4.39 Å². The fraction of sp³-hybridized carbons (Fsp3) is 0.125. The Morgan fingerprint density at radius 2 is 1.86 bits per heavy atom. The first-order valence-corrected chi connectivity index (χ1v) is 8.48. The van der Waals surface area contributed by atoms with Gasteiger partial charge in [-0.15, -0.1) is 0 Å². The zero-order valence-electron chi connectivity index (χ0n) is 11.8. The summed E-state index contributed by atoms with van der Waals surface area (Å²) in [5.41, 5.74) is 1.09. The Morgan fingerprint density at radius 3 is 2.45 bits per heavy atom. The smallest absolute Gasteiger partial charge is 0.175 e. The Balaban J connectivity index is 2.14. The van der Waals surface area contributed by atoms with Crippen molar-refractivity contribution in [3.05, 3.63) is 69.8 Å². The number of rotatable bonds is 5. The number of sulfone groups is 1. The van der Waals surface area contributed by atoms with Crippen LogP contribution in [0.15, 0.2) is 47.9 Å². The Morgan fingerprint density at radius 1 is 1.18 bits per heavy atom. The van der Waals surface area contributed by atoms with E-state index in [4.69, 9.17) is 16.3 Å². The average Bonchev–Trinajstić information content (AvgIpc) is 2.47. The van der Waals surface area contributed by atoms with Gasteiger partial charge in [-0.3, -0.25) is 0 Å². The molecule has 0 amide bonds. The van der Waals surface area contributed by atoms with Gasteiger partial charge in [-0.05, 0) is 41.5 Å². The van der Waals surface area contributed by atoms with Crippen LogP contribution in [-0.4, -0.2) is 15.5 Å². The molecule has 0 saturated carbocycles. The second kappa shape index (κ2) is 6.94. The van der Waals surface area contributed by atoms with Crippen molar-refractivity contribution in [1.29, 1.82) is 0 Å². The molecule has 0 aliphatic heterocycles. The summed E-state index contributed by atoms with van der Waals surface area (Å²) in [6, 6.07) is 10.6. The Bertz CT molecular complexity index is 784. The van der Waals surface area contributed by atoms with Gasteiger partial charge in [0.25, 0.3) is 0 Å². The van der Waals surface area contributed by atoms with Crippen LogP contribution in [0.25, 0.3) is 6.08 Å². The molecular weight excluding hydrogens is 327 g/mol. The molecule has 0 heterocycles. The molecule has 0 atom stereocenters. The second-order valence-corrected chi connectivity index (χ2v) is 6.92. The molecule has 0 fully saturated rings. The number of hydrogen-bond acceptors (Lipinski definition) is 3. The third-order valence-electron chi connectivity index (χ3n) is 2.94. The Kier molecular flexibility index (Phi) is 5.21. The highest BCUT2D eigenvalue weighted by Crippen LogP contribution is 2.20. The van der Waals surface area contributed by atoms with Gasteiger partial charge in [-0.2, -0.15) is 0 Å². The minimum Gasteiger partial charge on any atom is -0.497 e. The second-order valence-electron chi connectivity index (χ2n) is 4.62. The average molecular weight is 341 g/mol. The predicted octanol–water partition coefficient (Wildman–Crippen LogP) is 4.07. The normalized spacial score (nSPS) is 11.8. The maximum Gasteiger partial charge on any atom is 0.175 e. The molecule has 0 saturated heterocycles. The van der Waals surface area contributed by atoms with Gasteiger partial charge in [0.2, 0.25) is 0 Å². The standard InChI is InChI=1S/C16H14ClFO3S/c1-21-15-6-2-12(3-7-15)11-22(19,20)9-8-13-4-5-14(18)10-16(13)17/h2-10H,11H2,1H3/b9-8+. The molecule has 0 N–H and O–H groups in total. The maximum absolute atomic E-state index is 12.9. The van der Waals surface area contributed by atoms with E-state index in [0.29, 0.717) is 16.9 Å². The van der Waals surface area contributed by atoms with Crippen molar-refractivity contribution < 1.29 is 17.5 Å². The molecule has 2 aromatic rings. The highest BCUT2D eigenvalue weighted by atomic mass is 35.5. The van der Waals surface area contributed by atoms with Gasteiger partial charge in [0.1, 0.15) is 11.6 Å². The molecule has 116 valence electrons. The summed E-state index contributed by atoms with van der Waals surface area (Å²) in [5.74, 6) is 0.0600. The predicted molar refractivity (Wildman–Crippen MR) is 86.1 cm³/mol. The molecule has 6 heteroatoms. The summed E-state index contributed by atoms with van der Waals surface area (Å²) >= 11 is 5.85. The molecule has 3 nitrogen and oxygen atoms in total.